The van der Waals surface area contributed by atoms with Crippen LogP contribution in [0, 0.1) is 12.8 Å². The molecule has 0 heterocycles. The summed E-state index contributed by atoms with van der Waals surface area (Å²) in [6.07, 6.45) is 5.20. The second kappa shape index (κ2) is 4.54. The van der Waals surface area contributed by atoms with Gasteiger partial charge in [0.25, 0.3) is 0 Å². The standard InChI is InChI=1S/C13H18ClN/c1-9-8-11(5-6-12(9)14)13(15)7-4-10-2-3-10/h5-6,8,10,13H,2-4,7,15H2,1H3. The maximum Gasteiger partial charge on any atom is 0.0435 e. The Bertz CT molecular complexity index is 344. The van der Waals surface area contributed by atoms with E-state index in [1.54, 1.807) is 0 Å². The van der Waals surface area contributed by atoms with Gasteiger partial charge in [-0.3, -0.25) is 0 Å². The van der Waals surface area contributed by atoms with Gasteiger partial charge in [-0.2, -0.15) is 0 Å². The lowest BCUT2D eigenvalue weighted by molar-refractivity contribution is 0.575. The molecule has 1 aromatic carbocycles. The molecule has 15 heavy (non-hydrogen) atoms. The van der Waals surface area contributed by atoms with Crippen molar-refractivity contribution in [3.8, 4) is 0 Å². The lowest BCUT2D eigenvalue weighted by Crippen LogP contribution is -2.10. The van der Waals surface area contributed by atoms with Gasteiger partial charge >= 0.3 is 0 Å². The highest BCUT2D eigenvalue weighted by Gasteiger charge is 2.21. The Morgan fingerprint density at radius 2 is 2.20 bits per heavy atom. The number of hydrogen-bond acceptors (Lipinski definition) is 1. The Kier molecular flexibility index (Phi) is 3.32. The van der Waals surface area contributed by atoms with E-state index in [4.69, 9.17) is 17.3 Å². The maximum atomic E-state index is 6.15. The molecule has 2 heteroatoms. The van der Waals surface area contributed by atoms with Gasteiger partial charge in [-0.1, -0.05) is 36.6 Å². The van der Waals surface area contributed by atoms with Crippen molar-refractivity contribution in [2.24, 2.45) is 11.7 Å². The summed E-state index contributed by atoms with van der Waals surface area (Å²) >= 11 is 5.98. The third-order valence-corrected chi connectivity index (χ3v) is 3.62. The Morgan fingerprint density at radius 1 is 1.47 bits per heavy atom. The van der Waals surface area contributed by atoms with Gasteiger partial charge in [0.15, 0.2) is 0 Å². The van der Waals surface area contributed by atoms with E-state index in [1.807, 2.05) is 19.1 Å². The van der Waals surface area contributed by atoms with Crippen molar-refractivity contribution in [2.75, 3.05) is 0 Å². The molecule has 82 valence electrons. The fraction of sp³-hybridized carbons (Fsp3) is 0.538. The Balaban J connectivity index is 1.97. The molecule has 0 radical (unpaired) electrons. The molecule has 0 bridgehead atoms. The van der Waals surface area contributed by atoms with Gasteiger partial charge < -0.3 is 5.73 Å². The normalized spacial score (nSPS) is 17.8. The van der Waals surface area contributed by atoms with Gasteiger partial charge in [0.2, 0.25) is 0 Å². The van der Waals surface area contributed by atoms with Gasteiger partial charge in [-0.15, -0.1) is 0 Å². The first-order valence-electron chi connectivity index (χ1n) is 5.68. The predicted octanol–water partition coefficient (Wildman–Crippen LogP) is 3.84. The van der Waals surface area contributed by atoms with Crippen LogP contribution in [0.3, 0.4) is 0 Å². The zero-order valence-corrected chi connectivity index (χ0v) is 9.93. The van der Waals surface area contributed by atoms with Crippen LogP contribution in [-0.2, 0) is 0 Å². The molecule has 1 aliphatic carbocycles. The Labute approximate surface area is 96.6 Å². The fourth-order valence-corrected chi connectivity index (χ4v) is 2.00. The van der Waals surface area contributed by atoms with Crippen molar-refractivity contribution in [2.45, 2.75) is 38.6 Å². The summed E-state index contributed by atoms with van der Waals surface area (Å²) in [5.41, 5.74) is 8.49. The molecule has 1 atom stereocenters. The highest BCUT2D eigenvalue weighted by atomic mass is 35.5. The minimum Gasteiger partial charge on any atom is -0.324 e. The molecule has 0 aliphatic heterocycles. The molecule has 0 aromatic heterocycles. The average molecular weight is 224 g/mol. The Morgan fingerprint density at radius 3 is 2.80 bits per heavy atom. The molecule has 1 aromatic rings. The van der Waals surface area contributed by atoms with Crippen LogP contribution in [0.4, 0.5) is 0 Å². The fourth-order valence-electron chi connectivity index (χ4n) is 1.89. The molecule has 1 fully saturated rings. The minimum atomic E-state index is 0.182. The van der Waals surface area contributed by atoms with Gasteiger partial charge in [0.05, 0.1) is 0 Å². The molecule has 1 aliphatic rings. The molecule has 0 amide bonds. The lowest BCUT2D eigenvalue weighted by Gasteiger charge is -2.12. The summed E-state index contributed by atoms with van der Waals surface area (Å²) < 4.78 is 0. The highest BCUT2D eigenvalue weighted by Crippen LogP contribution is 2.35. The largest absolute Gasteiger partial charge is 0.324 e. The van der Waals surface area contributed by atoms with Crippen LogP contribution >= 0.6 is 11.6 Å². The topological polar surface area (TPSA) is 26.0 Å². The van der Waals surface area contributed by atoms with Crippen molar-refractivity contribution < 1.29 is 0 Å². The molecule has 0 spiro atoms. The number of hydrogen-bond donors (Lipinski definition) is 1. The van der Waals surface area contributed by atoms with Crippen LogP contribution in [-0.4, -0.2) is 0 Å². The molecular formula is C13H18ClN. The van der Waals surface area contributed by atoms with Crippen LogP contribution < -0.4 is 5.73 Å². The first kappa shape index (κ1) is 11.0. The maximum absolute atomic E-state index is 6.15. The second-order valence-corrected chi connectivity index (χ2v) is 5.04. The molecular weight excluding hydrogens is 206 g/mol. The number of aryl methyl sites for hydroxylation is 1. The van der Waals surface area contributed by atoms with E-state index < -0.39 is 0 Å². The number of nitrogens with two attached hydrogens (primary N) is 1. The number of benzene rings is 1. The molecule has 2 N–H and O–H groups in total. The van der Waals surface area contributed by atoms with E-state index in [9.17, 15) is 0 Å². The molecule has 1 saturated carbocycles. The molecule has 2 rings (SSSR count). The van der Waals surface area contributed by atoms with Crippen molar-refractivity contribution in [1.29, 1.82) is 0 Å². The molecule has 0 saturated heterocycles. The van der Waals surface area contributed by atoms with E-state index >= 15 is 0 Å². The van der Waals surface area contributed by atoms with Crippen LogP contribution in [0.25, 0.3) is 0 Å². The average Bonchev–Trinajstić information content (AvgIpc) is 3.02. The summed E-state index contributed by atoms with van der Waals surface area (Å²) in [5.74, 6) is 0.962. The van der Waals surface area contributed by atoms with Crippen molar-refractivity contribution in [3.63, 3.8) is 0 Å². The quantitative estimate of drug-likeness (QED) is 0.825. The second-order valence-electron chi connectivity index (χ2n) is 4.64. The minimum absolute atomic E-state index is 0.182. The Hall–Kier alpha value is -0.530. The van der Waals surface area contributed by atoms with Crippen molar-refractivity contribution >= 4 is 11.6 Å². The smallest absolute Gasteiger partial charge is 0.0435 e. The van der Waals surface area contributed by atoms with Gasteiger partial charge in [-0.05, 0) is 42.9 Å². The summed E-state index contributed by atoms with van der Waals surface area (Å²) in [6.45, 7) is 2.03. The van der Waals surface area contributed by atoms with Crippen molar-refractivity contribution in [3.05, 3.63) is 34.3 Å². The summed E-state index contributed by atoms with van der Waals surface area (Å²) in [4.78, 5) is 0. The van der Waals surface area contributed by atoms with E-state index in [0.717, 1.165) is 22.9 Å². The third kappa shape index (κ3) is 2.96. The number of rotatable bonds is 4. The van der Waals surface area contributed by atoms with Crippen LogP contribution in [0.2, 0.25) is 5.02 Å². The van der Waals surface area contributed by atoms with Gasteiger partial charge in [0, 0.05) is 11.1 Å². The van der Waals surface area contributed by atoms with E-state index in [0.29, 0.717) is 0 Å². The SMILES string of the molecule is Cc1cc(C(N)CCC2CC2)ccc1Cl. The van der Waals surface area contributed by atoms with E-state index in [2.05, 4.69) is 6.07 Å². The van der Waals surface area contributed by atoms with Crippen LogP contribution in [0.15, 0.2) is 18.2 Å². The molecule has 1 unspecified atom stereocenters. The van der Waals surface area contributed by atoms with E-state index in [1.165, 1.54) is 24.8 Å². The first-order valence-corrected chi connectivity index (χ1v) is 6.06. The third-order valence-electron chi connectivity index (χ3n) is 3.19. The van der Waals surface area contributed by atoms with Crippen LogP contribution in [0.1, 0.15) is 42.9 Å². The summed E-state index contributed by atoms with van der Waals surface area (Å²) in [5, 5.41) is 0.827. The zero-order chi connectivity index (χ0) is 10.8. The van der Waals surface area contributed by atoms with Gasteiger partial charge in [0.1, 0.15) is 0 Å². The monoisotopic (exact) mass is 223 g/mol. The van der Waals surface area contributed by atoms with Crippen molar-refractivity contribution in [1.82, 2.24) is 0 Å². The summed E-state index contributed by atoms with van der Waals surface area (Å²) in [7, 11) is 0. The van der Waals surface area contributed by atoms with E-state index in [-0.39, 0.29) is 6.04 Å². The zero-order valence-electron chi connectivity index (χ0n) is 9.17. The molecule has 1 nitrogen and oxygen atoms in total. The highest BCUT2D eigenvalue weighted by molar-refractivity contribution is 6.31. The van der Waals surface area contributed by atoms with Gasteiger partial charge in [-0.25, -0.2) is 0 Å². The predicted molar refractivity (Wildman–Crippen MR) is 65.1 cm³/mol. The van der Waals surface area contributed by atoms with Crippen LogP contribution in [0.5, 0.6) is 0 Å². The first-order chi connectivity index (χ1) is 7.16. The number of halogens is 1. The summed E-state index contributed by atoms with van der Waals surface area (Å²) in [6, 6.07) is 6.29. The lowest BCUT2D eigenvalue weighted by atomic mass is 10.00.